The van der Waals surface area contributed by atoms with Crippen LogP contribution < -0.4 is 27.0 Å². The van der Waals surface area contributed by atoms with Gasteiger partial charge in [-0.25, -0.2) is 4.79 Å². The van der Waals surface area contributed by atoms with Crippen LogP contribution >= 0.6 is 11.8 Å². The van der Waals surface area contributed by atoms with E-state index in [0.717, 1.165) is 46.1 Å². The van der Waals surface area contributed by atoms with E-state index in [-0.39, 0.29) is 25.3 Å². The van der Waals surface area contributed by atoms with Crippen LogP contribution in [0.15, 0.2) is 71.6 Å². The Morgan fingerprint density at radius 2 is 1.74 bits per heavy atom. The van der Waals surface area contributed by atoms with Crippen molar-refractivity contribution in [3.8, 4) is 11.1 Å². The standard InChI is InChI=1S/C30H32F3N5O3S/c1-29(2,35)14-26(39)37-23-17-42-25-13-21(30(31,32)33)11-12-24(25)38(27(23)40)16-18-7-9-19(10-8-18)22-6-4-3-5-20(22)15-36-28(34)41/h3-13,23H,14-17,35H2,1-2H3,(H,37,39)(H3,34,36,41)/t23-/m1/s1. The van der Waals surface area contributed by atoms with E-state index in [0.29, 0.717) is 10.6 Å². The van der Waals surface area contributed by atoms with Crippen LogP contribution in [0.4, 0.5) is 23.7 Å². The molecule has 3 aromatic rings. The van der Waals surface area contributed by atoms with Gasteiger partial charge in [-0.3, -0.25) is 9.59 Å². The number of rotatable bonds is 8. The van der Waals surface area contributed by atoms with Gasteiger partial charge in [0.2, 0.25) is 5.91 Å². The molecule has 1 atom stereocenters. The van der Waals surface area contributed by atoms with Crippen molar-refractivity contribution in [3.05, 3.63) is 83.4 Å². The van der Waals surface area contributed by atoms with Gasteiger partial charge in [0.15, 0.2) is 0 Å². The van der Waals surface area contributed by atoms with E-state index in [2.05, 4.69) is 10.6 Å². The molecule has 3 aromatic carbocycles. The molecule has 0 aromatic heterocycles. The number of benzene rings is 3. The summed E-state index contributed by atoms with van der Waals surface area (Å²) >= 11 is 1.09. The van der Waals surface area contributed by atoms with Gasteiger partial charge in [-0.15, -0.1) is 11.8 Å². The SMILES string of the molecule is CC(C)(N)CC(=O)N[C@@H]1CSc2cc(C(F)(F)F)ccc2N(Cc2ccc(-c3ccccc3CNC(N)=O)cc2)C1=O. The van der Waals surface area contributed by atoms with Crippen molar-refractivity contribution in [1.82, 2.24) is 10.6 Å². The molecule has 4 rings (SSSR count). The number of primary amides is 1. The topological polar surface area (TPSA) is 131 Å². The lowest BCUT2D eigenvalue weighted by molar-refractivity contribution is -0.137. The molecule has 42 heavy (non-hydrogen) atoms. The lowest BCUT2D eigenvalue weighted by atomic mass is 9.98. The lowest BCUT2D eigenvalue weighted by Crippen LogP contribution is -2.51. The summed E-state index contributed by atoms with van der Waals surface area (Å²) in [7, 11) is 0. The summed E-state index contributed by atoms with van der Waals surface area (Å²) in [5.74, 6) is -0.788. The number of hydrogen-bond donors (Lipinski definition) is 4. The van der Waals surface area contributed by atoms with E-state index < -0.39 is 41.2 Å². The summed E-state index contributed by atoms with van der Waals surface area (Å²) < 4.78 is 40.5. The molecule has 0 unspecified atom stereocenters. The van der Waals surface area contributed by atoms with Crippen LogP contribution in [-0.4, -0.2) is 35.2 Å². The number of alkyl halides is 3. The fourth-order valence-corrected chi connectivity index (χ4v) is 5.73. The number of nitrogens with zero attached hydrogens (tertiary/aromatic N) is 1. The molecule has 1 aliphatic rings. The summed E-state index contributed by atoms with van der Waals surface area (Å²) in [6.07, 6.45) is -4.57. The van der Waals surface area contributed by atoms with Gasteiger partial charge in [0.1, 0.15) is 6.04 Å². The van der Waals surface area contributed by atoms with E-state index in [4.69, 9.17) is 11.5 Å². The van der Waals surface area contributed by atoms with Gasteiger partial charge in [0, 0.05) is 29.2 Å². The maximum atomic E-state index is 13.8. The molecule has 0 bridgehead atoms. The highest BCUT2D eigenvalue weighted by Crippen LogP contribution is 2.40. The van der Waals surface area contributed by atoms with E-state index in [1.807, 2.05) is 48.5 Å². The lowest BCUT2D eigenvalue weighted by Gasteiger charge is -2.27. The van der Waals surface area contributed by atoms with Gasteiger partial charge >= 0.3 is 12.2 Å². The molecule has 0 radical (unpaired) electrons. The third kappa shape index (κ3) is 7.83. The predicted octanol–water partition coefficient (Wildman–Crippen LogP) is 4.79. The van der Waals surface area contributed by atoms with E-state index in [1.165, 1.54) is 11.0 Å². The zero-order chi connectivity index (χ0) is 30.7. The molecule has 1 heterocycles. The third-order valence-electron chi connectivity index (χ3n) is 6.58. The normalized spacial score (nSPS) is 15.5. The second-order valence-corrected chi connectivity index (χ2v) is 11.8. The highest BCUT2D eigenvalue weighted by molar-refractivity contribution is 7.99. The molecule has 1 aliphatic heterocycles. The monoisotopic (exact) mass is 599 g/mol. The summed E-state index contributed by atoms with van der Waals surface area (Å²) in [6.45, 7) is 3.69. The minimum absolute atomic E-state index is 0.0233. The number of hydrogen-bond acceptors (Lipinski definition) is 5. The zero-order valence-corrected chi connectivity index (χ0v) is 23.9. The largest absolute Gasteiger partial charge is 0.416 e. The van der Waals surface area contributed by atoms with E-state index in [1.54, 1.807) is 13.8 Å². The van der Waals surface area contributed by atoms with Crippen LogP contribution in [-0.2, 0) is 28.9 Å². The van der Waals surface area contributed by atoms with Crippen LogP contribution in [0.25, 0.3) is 11.1 Å². The molecule has 4 amide bonds. The Hall–Kier alpha value is -4.03. The van der Waals surface area contributed by atoms with Gasteiger partial charge in [0.05, 0.1) is 17.8 Å². The summed E-state index contributed by atoms with van der Waals surface area (Å²) in [5, 5.41) is 5.31. The first-order valence-corrected chi connectivity index (χ1v) is 14.1. The van der Waals surface area contributed by atoms with Gasteiger partial charge in [-0.1, -0.05) is 48.5 Å². The average molecular weight is 600 g/mol. The molecule has 8 nitrogen and oxygen atoms in total. The summed E-state index contributed by atoms with van der Waals surface area (Å²) in [5.41, 5.74) is 13.2. The number of nitrogens with one attached hydrogen (secondary N) is 2. The van der Waals surface area contributed by atoms with Crippen LogP contribution in [0.2, 0.25) is 0 Å². The second-order valence-electron chi connectivity index (χ2n) is 10.8. The Labute approximate surface area is 246 Å². The number of amides is 4. The minimum Gasteiger partial charge on any atom is -0.352 e. The van der Waals surface area contributed by atoms with Crippen LogP contribution in [0.5, 0.6) is 0 Å². The first-order chi connectivity index (χ1) is 19.7. The summed E-state index contributed by atoms with van der Waals surface area (Å²) in [4.78, 5) is 39.3. The Morgan fingerprint density at radius 1 is 1.05 bits per heavy atom. The summed E-state index contributed by atoms with van der Waals surface area (Å²) in [6, 6.07) is 16.6. The number of fused-ring (bicyclic) bond motifs is 1. The van der Waals surface area contributed by atoms with E-state index >= 15 is 0 Å². The third-order valence-corrected chi connectivity index (χ3v) is 7.71. The van der Waals surface area contributed by atoms with Gasteiger partial charge in [-0.2, -0.15) is 13.2 Å². The van der Waals surface area contributed by atoms with Crippen molar-refractivity contribution in [2.24, 2.45) is 11.5 Å². The van der Waals surface area contributed by atoms with Crippen molar-refractivity contribution in [2.75, 3.05) is 10.7 Å². The fourth-order valence-electron chi connectivity index (χ4n) is 4.62. The van der Waals surface area contributed by atoms with Crippen LogP contribution in [0, 0.1) is 0 Å². The highest BCUT2D eigenvalue weighted by atomic mass is 32.2. The first kappa shape index (κ1) is 30.9. The number of carbonyl (C=O) groups is 3. The first-order valence-electron chi connectivity index (χ1n) is 13.2. The van der Waals surface area contributed by atoms with Gasteiger partial charge in [0.25, 0.3) is 5.91 Å². The maximum absolute atomic E-state index is 13.8. The van der Waals surface area contributed by atoms with Crippen LogP contribution in [0.1, 0.15) is 37.0 Å². The molecule has 0 saturated heterocycles. The number of nitrogens with two attached hydrogens (primary N) is 2. The molecule has 0 saturated carbocycles. The number of halogens is 3. The maximum Gasteiger partial charge on any atom is 0.416 e. The molecular weight excluding hydrogens is 567 g/mol. The molecule has 6 N–H and O–H groups in total. The van der Waals surface area contributed by atoms with Crippen LogP contribution in [0.3, 0.4) is 0 Å². The van der Waals surface area contributed by atoms with Crippen molar-refractivity contribution in [1.29, 1.82) is 0 Å². The number of carbonyl (C=O) groups excluding carboxylic acids is 3. The van der Waals surface area contributed by atoms with E-state index in [9.17, 15) is 27.6 Å². The molecule has 0 spiro atoms. The molecule has 222 valence electrons. The van der Waals surface area contributed by atoms with Gasteiger partial charge in [-0.05, 0) is 54.3 Å². The molecular formula is C30H32F3N5O3S. The predicted molar refractivity (Wildman–Crippen MR) is 156 cm³/mol. The Kier molecular flexibility index (Phi) is 9.17. The quantitative estimate of drug-likeness (QED) is 0.296. The Bertz CT molecular complexity index is 1470. The van der Waals surface area contributed by atoms with Crippen molar-refractivity contribution in [2.45, 2.75) is 56.0 Å². The molecule has 0 fully saturated rings. The van der Waals surface area contributed by atoms with Crippen molar-refractivity contribution < 1.29 is 27.6 Å². The highest BCUT2D eigenvalue weighted by Gasteiger charge is 2.36. The van der Waals surface area contributed by atoms with Crippen molar-refractivity contribution in [3.63, 3.8) is 0 Å². The average Bonchev–Trinajstić information content (AvgIpc) is 3.03. The van der Waals surface area contributed by atoms with Gasteiger partial charge < -0.3 is 27.0 Å². The smallest absolute Gasteiger partial charge is 0.352 e. The molecule has 12 heteroatoms. The van der Waals surface area contributed by atoms with Crippen molar-refractivity contribution >= 4 is 35.3 Å². The minimum atomic E-state index is -4.55. The fraction of sp³-hybridized carbons (Fsp3) is 0.300. The number of thioether (sulfide) groups is 1. The Balaban J connectivity index is 1.64. The Morgan fingerprint density at radius 3 is 2.38 bits per heavy atom. The second kappa shape index (κ2) is 12.5. The number of anilines is 1. The molecule has 0 aliphatic carbocycles. The zero-order valence-electron chi connectivity index (χ0n) is 23.1. The number of urea groups is 1.